The first-order valence-corrected chi connectivity index (χ1v) is 11.8. The molecule has 0 spiro atoms. The number of nitrogens with one attached hydrogen (secondary N) is 3. The minimum Gasteiger partial charge on any atom is -0.459 e. The molecule has 0 radical (unpaired) electrons. The quantitative estimate of drug-likeness (QED) is 0.314. The maximum atomic E-state index is 12.1. The Morgan fingerprint density at radius 3 is 2.55 bits per heavy atom. The number of aliphatic imine (C=N–C) groups is 1. The molecular weight excluding hydrogens is 394 g/mol. The lowest BCUT2D eigenvalue weighted by Crippen LogP contribution is -2.56. The summed E-state index contributed by atoms with van der Waals surface area (Å²) in [6.07, 6.45) is 8.68. The number of rotatable bonds is 9. The Balaban J connectivity index is 1.48. The summed E-state index contributed by atoms with van der Waals surface area (Å²) < 4.78 is 10.8. The van der Waals surface area contributed by atoms with Crippen LogP contribution < -0.4 is 16.0 Å². The molecule has 3 rings (SSSR count). The SMILES string of the molecule is CCNC(=NCC1(N2CCOCC2)CCCCC1)NCCCNC(=O)c1occc1C. The molecule has 0 aromatic carbocycles. The maximum absolute atomic E-state index is 12.1. The minimum atomic E-state index is -0.159. The van der Waals surface area contributed by atoms with Gasteiger partial charge in [-0.25, -0.2) is 0 Å². The van der Waals surface area contributed by atoms with E-state index >= 15 is 0 Å². The van der Waals surface area contributed by atoms with E-state index in [4.69, 9.17) is 14.1 Å². The van der Waals surface area contributed by atoms with Crippen molar-refractivity contribution in [2.45, 2.75) is 57.9 Å². The fraction of sp³-hybridized carbons (Fsp3) is 0.739. The number of carbonyl (C=O) groups excluding carboxylic acids is 1. The highest BCUT2D eigenvalue weighted by Gasteiger charge is 2.38. The lowest BCUT2D eigenvalue weighted by molar-refractivity contribution is -0.0333. The van der Waals surface area contributed by atoms with Gasteiger partial charge in [-0.05, 0) is 39.2 Å². The molecule has 0 atom stereocenters. The number of furan rings is 1. The van der Waals surface area contributed by atoms with Crippen LogP contribution in [0.2, 0.25) is 0 Å². The first kappa shape index (κ1) is 23.6. The van der Waals surface area contributed by atoms with E-state index in [0.717, 1.165) is 63.9 Å². The zero-order valence-electron chi connectivity index (χ0n) is 19.2. The van der Waals surface area contributed by atoms with Gasteiger partial charge in [-0.15, -0.1) is 0 Å². The van der Waals surface area contributed by atoms with Gasteiger partial charge in [0.15, 0.2) is 11.7 Å². The number of nitrogens with zero attached hydrogens (tertiary/aromatic N) is 2. The van der Waals surface area contributed by atoms with E-state index in [1.54, 1.807) is 12.3 Å². The first-order chi connectivity index (χ1) is 15.1. The summed E-state index contributed by atoms with van der Waals surface area (Å²) in [7, 11) is 0. The second-order valence-electron chi connectivity index (χ2n) is 8.55. The number of ether oxygens (including phenoxy) is 1. The highest BCUT2D eigenvalue weighted by Crippen LogP contribution is 2.34. The van der Waals surface area contributed by atoms with Crippen molar-refractivity contribution in [2.75, 3.05) is 52.5 Å². The molecule has 1 aliphatic heterocycles. The normalized spacial score (nSPS) is 19.7. The second kappa shape index (κ2) is 12.1. The molecule has 8 nitrogen and oxygen atoms in total. The fourth-order valence-corrected chi connectivity index (χ4v) is 4.57. The summed E-state index contributed by atoms with van der Waals surface area (Å²) >= 11 is 0. The van der Waals surface area contributed by atoms with E-state index < -0.39 is 0 Å². The van der Waals surface area contributed by atoms with Gasteiger partial charge in [-0.3, -0.25) is 14.7 Å². The molecule has 1 saturated carbocycles. The fourth-order valence-electron chi connectivity index (χ4n) is 4.57. The molecule has 31 heavy (non-hydrogen) atoms. The van der Waals surface area contributed by atoms with Crippen molar-refractivity contribution < 1.29 is 13.9 Å². The van der Waals surface area contributed by atoms with Gasteiger partial charge >= 0.3 is 0 Å². The summed E-state index contributed by atoms with van der Waals surface area (Å²) in [5.41, 5.74) is 1.02. The third-order valence-electron chi connectivity index (χ3n) is 6.34. The zero-order valence-corrected chi connectivity index (χ0v) is 19.2. The van der Waals surface area contributed by atoms with Crippen LogP contribution in [-0.4, -0.2) is 74.8 Å². The Kier molecular flexibility index (Phi) is 9.21. The second-order valence-corrected chi connectivity index (χ2v) is 8.55. The predicted octanol–water partition coefficient (Wildman–Crippen LogP) is 2.30. The van der Waals surface area contributed by atoms with Crippen molar-refractivity contribution in [2.24, 2.45) is 4.99 Å². The Morgan fingerprint density at radius 2 is 1.87 bits per heavy atom. The molecular formula is C23H39N5O3. The van der Waals surface area contributed by atoms with Crippen molar-refractivity contribution in [1.29, 1.82) is 0 Å². The van der Waals surface area contributed by atoms with Gasteiger partial charge in [0.05, 0.1) is 26.0 Å². The van der Waals surface area contributed by atoms with Crippen LogP contribution in [0.3, 0.4) is 0 Å². The van der Waals surface area contributed by atoms with Gasteiger partial charge in [-0.2, -0.15) is 0 Å². The molecule has 0 bridgehead atoms. The molecule has 3 N–H and O–H groups in total. The number of aryl methyl sites for hydroxylation is 1. The first-order valence-electron chi connectivity index (χ1n) is 11.8. The minimum absolute atomic E-state index is 0.159. The van der Waals surface area contributed by atoms with Gasteiger partial charge in [0, 0.05) is 43.8 Å². The molecule has 2 fully saturated rings. The topological polar surface area (TPSA) is 91.1 Å². The maximum Gasteiger partial charge on any atom is 0.287 e. The van der Waals surface area contributed by atoms with Crippen molar-refractivity contribution in [1.82, 2.24) is 20.9 Å². The molecule has 1 aromatic heterocycles. The summed E-state index contributed by atoms with van der Waals surface area (Å²) in [6.45, 7) is 10.6. The van der Waals surface area contributed by atoms with Gasteiger partial charge in [-0.1, -0.05) is 19.3 Å². The van der Waals surface area contributed by atoms with Crippen molar-refractivity contribution in [3.05, 3.63) is 23.7 Å². The average Bonchev–Trinajstić information content (AvgIpc) is 3.24. The molecule has 1 aromatic rings. The number of guanidine groups is 1. The summed E-state index contributed by atoms with van der Waals surface area (Å²) in [6, 6.07) is 1.80. The number of hydrogen-bond acceptors (Lipinski definition) is 5. The molecule has 1 saturated heterocycles. The zero-order chi connectivity index (χ0) is 21.9. The molecule has 174 valence electrons. The van der Waals surface area contributed by atoms with Crippen molar-refractivity contribution in [3.63, 3.8) is 0 Å². The smallest absolute Gasteiger partial charge is 0.287 e. The molecule has 2 heterocycles. The van der Waals surface area contributed by atoms with Crippen molar-refractivity contribution >= 4 is 11.9 Å². The summed E-state index contributed by atoms with van der Waals surface area (Å²) in [5.74, 6) is 1.09. The highest BCUT2D eigenvalue weighted by atomic mass is 16.5. The van der Waals surface area contributed by atoms with Crippen LogP contribution in [0.4, 0.5) is 0 Å². The summed E-state index contributed by atoms with van der Waals surface area (Å²) in [4.78, 5) is 19.7. The molecule has 2 aliphatic rings. The van der Waals surface area contributed by atoms with Crippen LogP contribution in [0.5, 0.6) is 0 Å². The van der Waals surface area contributed by atoms with Crippen LogP contribution in [-0.2, 0) is 4.74 Å². The van der Waals surface area contributed by atoms with Crippen LogP contribution >= 0.6 is 0 Å². The molecule has 0 unspecified atom stereocenters. The van der Waals surface area contributed by atoms with E-state index in [9.17, 15) is 4.79 Å². The Labute approximate surface area is 186 Å². The Bertz CT molecular complexity index is 706. The Morgan fingerprint density at radius 1 is 1.13 bits per heavy atom. The number of morpholine rings is 1. The monoisotopic (exact) mass is 433 g/mol. The van der Waals surface area contributed by atoms with Crippen LogP contribution in [0, 0.1) is 6.92 Å². The Hall–Kier alpha value is -2.06. The van der Waals surface area contributed by atoms with Gasteiger partial charge in [0.1, 0.15) is 0 Å². The van der Waals surface area contributed by atoms with E-state index in [1.165, 1.54) is 32.1 Å². The predicted molar refractivity (Wildman–Crippen MR) is 123 cm³/mol. The van der Waals surface area contributed by atoms with Gasteiger partial charge in [0.25, 0.3) is 5.91 Å². The number of amides is 1. The van der Waals surface area contributed by atoms with E-state index in [0.29, 0.717) is 12.3 Å². The molecule has 1 amide bonds. The van der Waals surface area contributed by atoms with Crippen LogP contribution in [0.25, 0.3) is 0 Å². The molecule has 1 aliphatic carbocycles. The lowest BCUT2D eigenvalue weighted by Gasteiger charge is -2.47. The third-order valence-corrected chi connectivity index (χ3v) is 6.34. The van der Waals surface area contributed by atoms with Crippen LogP contribution in [0.1, 0.15) is 61.6 Å². The highest BCUT2D eigenvalue weighted by molar-refractivity contribution is 5.92. The number of carbonyl (C=O) groups is 1. The van der Waals surface area contributed by atoms with Crippen LogP contribution in [0.15, 0.2) is 21.7 Å². The summed E-state index contributed by atoms with van der Waals surface area (Å²) in [5, 5.41) is 9.70. The third kappa shape index (κ3) is 6.71. The number of hydrogen-bond donors (Lipinski definition) is 3. The van der Waals surface area contributed by atoms with E-state index in [-0.39, 0.29) is 11.4 Å². The van der Waals surface area contributed by atoms with E-state index in [2.05, 4.69) is 27.8 Å². The average molecular weight is 434 g/mol. The lowest BCUT2D eigenvalue weighted by atomic mass is 9.80. The van der Waals surface area contributed by atoms with Gasteiger partial charge < -0.3 is 25.1 Å². The van der Waals surface area contributed by atoms with E-state index in [1.807, 2.05) is 6.92 Å². The largest absolute Gasteiger partial charge is 0.459 e. The molecule has 8 heteroatoms. The standard InChI is InChI=1S/C23H39N5O3/c1-3-24-22(26-12-7-11-25-21(29)20-19(2)8-15-31-20)27-18-23(9-5-4-6-10-23)28-13-16-30-17-14-28/h8,15H,3-7,9-14,16-18H2,1-2H3,(H,25,29)(H2,24,26,27). The van der Waals surface area contributed by atoms with Crippen molar-refractivity contribution in [3.8, 4) is 0 Å². The van der Waals surface area contributed by atoms with Gasteiger partial charge in [0.2, 0.25) is 0 Å².